The standard InChI is InChI=1S/C25H26N4O3/c1-17-8-9-21(12-18(17)2)28-25(31)19(14-26)13-20-15-29(16-24(30)27-10-11-32-3)23-7-5-4-6-22(20)23/h4-9,12-13,15H,10-11,16H2,1-3H3,(H,27,30)(H,28,31). The normalized spacial score (nSPS) is 11.2. The molecular weight excluding hydrogens is 404 g/mol. The van der Waals surface area contributed by atoms with Crippen molar-refractivity contribution in [3.05, 3.63) is 70.9 Å². The summed E-state index contributed by atoms with van der Waals surface area (Å²) in [6.07, 6.45) is 3.33. The third-order valence-corrected chi connectivity index (χ3v) is 5.19. The van der Waals surface area contributed by atoms with Gasteiger partial charge in [-0.3, -0.25) is 9.59 Å². The van der Waals surface area contributed by atoms with Crippen molar-refractivity contribution in [1.29, 1.82) is 5.26 Å². The summed E-state index contributed by atoms with van der Waals surface area (Å²) in [7, 11) is 1.58. The van der Waals surface area contributed by atoms with Gasteiger partial charge in [0.15, 0.2) is 0 Å². The van der Waals surface area contributed by atoms with Crippen LogP contribution in [-0.2, 0) is 20.9 Å². The lowest BCUT2D eigenvalue weighted by Crippen LogP contribution is -2.30. The SMILES string of the molecule is COCCNC(=O)Cn1cc(C=C(C#N)C(=O)Nc2ccc(C)c(C)c2)c2ccccc21. The molecule has 32 heavy (non-hydrogen) atoms. The molecule has 1 heterocycles. The average Bonchev–Trinajstić information content (AvgIpc) is 3.12. The zero-order chi connectivity index (χ0) is 23.1. The van der Waals surface area contributed by atoms with E-state index in [1.807, 2.05) is 62.4 Å². The fraction of sp³-hybridized carbons (Fsp3) is 0.240. The zero-order valence-corrected chi connectivity index (χ0v) is 18.4. The number of hydrogen-bond acceptors (Lipinski definition) is 4. The van der Waals surface area contributed by atoms with Crippen LogP contribution >= 0.6 is 0 Å². The number of nitrogens with one attached hydrogen (secondary N) is 2. The van der Waals surface area contributed by atoms with Gasteiger partial charge in [0.05, 0.1) is 6.61 Å². The number of methoxy groups -OCH3 is 1. The molecule has 0 saturated carbocycles. The van der Waals surface area contributed by atoms with E-state index in [0.717, 1.165) is 22.0 Å². The Morgan fingerprint density at radius 3 is 2.66 bits per heavy atom. The van der Waals surface area contributed by atoms with Crippen LogP contribution in [0.4, 0.5) is 5.69 Å². The van der Waals surface area contributed by atoms with Crippen molar-refractivity contribution in [2.24, 2.45) is 0 Å². The first-order valence-corrected chi connectivity index (χ1v) is 10.3. The molecule has 164 valence electrons. The highest BCUT2D eigenvalue weighted by Crippen LogP contribution is 2.24. The number of aryl methyl sites for hydroxylation is 2. The first-order chi connectivity index (χ1) is 15.4. The summed E-state index contributed by atoms with van der Waals surface area (Å²) >= 11 is 0. The molecule has 2 aromatic carbocycles. The Morgan fingerprint density at radius 2 is 1.94 bits per heavy atom. The van der Waals surface area contributed by atoms with Crippen LogP contribution < -0.4 is 10.6 Å². The summed E-state index contributed by atoms with van der Waals surface area (Å²) in [5.41, 5.74) is 4.32. The third-order valence-electron chi connectivity index (χ3n) is 5.19. The van der Waals surface area contributed by atoms with Crippen LogP contribution in [-0.4, -0.2) is 36.6 Å². The van der Waals surface area contributed by atoms with Crippen molar-refractivity contribution < 1.29 is 14.3 Å². The third kappa shape index (κ3) is 5.42. The maximum absolute atomic E-state index is 12.7. The Morgan fingerprint density at radius 1 is 1.16 bits per heavy atom. The molecule has 0 spiro atoms. The first kappa shape index (κ1) is 22.8. The fourth-order valence-electron chi connectivity index (χ4n) is 3.35. The Labute approximate surface area is 187 Å². The molecule has 2 amide bonds. The highest BCUT2D eigenvalue weighted by atomic mass is 16.5. The number of benzene rings is 2. The number of nitriles is 1. The Kier molecular flexibility index (Phi) is 7.42. The van der Waals surface area contributed by atoms with E-state index in [2.05, 4.69) is 10.6 Å². The van der Waals surface area contributed by atoms with Crippen LogP contribution in [0, 0.1) is 25.2 Å². The van der Waals surface area contributed by atoms with Gasteiger partial charge in [-0.05, 0) is 49.2 Å². The van der Waals surface area contributed by atoms with Gasteiger partial charge >= 0.3 is 0 Å². The van der Waals surface area contributed by atoms with E-state index >= 15 is 0 Å². The van der Waals surface area contributed by atoms with Gasteiger partial charge in [0.1, 0.15) is 18.2 Å². The Balaban J connectivity index is 1.86. The maximum Gasteiger partial charge on any atom is 0.266 e. The van der Waals surface area contributed by atoms with Crippen molar-refractivity contribution >= 4 is 34.5 Å². The average molecular weight is 431 g/mol. The smallest absolute Gasteiger partial charge is 0.266 e. The summed E-state index contributed by atoms with van der Waals surface area (Å²) in [5.74, 6) is -0.629. The van der Waals surface area contributed by atoms with Crippen LogP contribution in [0.15, 0.2) is 54.2 Å². The maximum atomic E-state index is 12.7. The molecule has 0 radical (unpaired) electrons. The van der Waals surface area contributed by atoms with E-state index in [4.69, 9.17) is 4.74 Å². The number of para-hydroxylation sites is 1. The molecule has 0 fully saturated rings. The molecule has 0 aliphatic carbocycles. The molecule has 0 bridgehead atoms. The number of amides is 2. The monoisotopic (exact) mass is 430 g/mol. The summed E-state index contributed by atoms with van der Waals surface area (Å²) in [6, 6.07) is 15.2. The second-order valence-electron chi connectivity index (χ2n) is 7.50. The van der Waals surface area contributed by atoms with Gasteiger partial charge < -0.3 is 19.9 Å². The van der Waals surface area contributed by atoms with Crippen molar-refractivity contribution in [2.75, 3.05) is 25.6 Å². The lowest BCUT2D eigenvalue weighted by atomic mass is 10.1. The predicted molar refractivity (Wildman–Crippen MR) is 125 cm³/mol. The van der Waals surface area contributed by atoms with Crippen molar-refractivity contribution in [3.63, 3.8) is 0 Å². The number of nitrogens with zero attached hydrogens (tertiary/aromatic N) is 2. The van der Waals surface area contributed by atoms with Crippen LogP contribution in [0.5, 0.6) is 0 Å². The van der Waals surface area contributed by atoms with Crippen molar-refractivity contribution in [1.82, 2.24) is 9.88 Å². The van der Waals surface area contributed by atoms with Gasteiger partial charge in [-0.2, -0.15) is 5.26 Å². The summed E-state index contributed by atoms with van der Waals surface area (Å²) in [5, 5.41) is 16.0. The van der Waals surface area contributed by atoms with Crippen LogP contribution in [0.3, 0.4) is 0 Å². The van der Waals surface area contributed by atoms with E-state index in [9.17, 15) is 14.9 Å². The quantitative estimate of drug-likeness (QED) is 0.324. The van der Waals surface area contributed by atoms with Gasteiger partial charge in [0, 0.05) is 42.0 Å². The molecule has 0 atom stereocenters. The molecular formula is C25H26N4O3. The molecule has 0 saturated heterocycles. The van der Waals surface area contributed by atoms with Gasteiger partial charge in [-0.25, -0.2) is 0 Å². The van der Waals surface area contributed by atoms with Gasteiger partial charge in [0.2, 0.25) is 5.91 Å². The molecule has 7 heteroatoms. The Bertz CT molecular complexity index is 1220. The second kappa shape index (κ2) is 10.4. The number of fused-ring (bicyclic) bond motifs is 1. The van der Waals surface area contributed by atoms with Gasteiger partial charge in [0.25, 0.3) is 5.91 Å². The fourth-order valence-corrected chi connectivity index (χ4v) is 3.35. The number of ether oxygens (including phenoxy) is 1. The molecule has 0 unspecified atom stereocenters. The Hall–Kier alpha value is -3.89. The van der Waals surface area contributed by atoms with Gasteiger partial charge in [-0.1, -0.05) is 24.3 Å². The molecule has 2 N–H and O–H groups in total. The molecule has 1 aromatic heterocycles. The summed E-state index contributed by atoms with van der Waals surface area (Å²) < 4.78 is 6.76. The molecule has 0 aliphatic rings. The lowest BCUT2D eigenvalue weighted by Gasteiger charge is -2.07. The van der Waals surface area contributed by atoms with E-state index < -0.39 is 5.91 Å². The minimum Gasteiger partial charge on any atom is -0.383 e. The van der Waals surface area contributed by atoms with Crippen molar-refractivity contribution in [2.45, 2.75) is 20.4 Å². The number of carbonyl (C=O) groups excluding carboxylic acids is 2. The number of carbonyl (C=O) groups is 2. The molecule has 3 aromatic rings. The number of hydrogen-bond donors (Lipinski definition) is 2. The van der Waals surface area contributed by atoms with E-state index in [-0.39, 0.29) is 18.0 Å². The zero-order valence-electron chi connectivity index (χ0n) is 18.4. The lowest BCUT2D eigenvalue weighted by molar-refractivity contribution is -0.121. The number of aromatic nitrogens is 1. The largest absolute Gasteiger partial charge is 0.383 e. The molecule has 7 nitrogen and oxygen atoms in total. The predicted octanol–water partition coefficient (Wildman–Crippen LogP) is 3.57. The highest BCUT2D eigenvalue weighted by Gasteiger charge is 2.14. The topological polar surface area (TPSA) is 96.2 Å². The number of anilines is 1. The van der Waals surface area contributed by atoms with Gasteiger partial charge in [-0.15, -0.1) is 0 Å². The minimum atomic E-state index is -0.482. The molecule has 3 rings (SSSR count). The summed E-state index contributed by atoms with van der Waals surface area (Å²) in [4.78, 5) is 25.0. The van der Waals surface area contributed by atoms with Crippen molar-refractivity contribution in [3.8, 4) is 6.07 Å². The second-order valence-corrected chi connectivity index (χ2v) is 7.50. The van der Waals surface area contributed by atoms with E-state index in [1.165, 1.54) is 0 Å². The van der Waals surface area contributed by atoms with Crippen LogP contribution in [0.2, 0.25) is 0 Å². The first-order valence-electron chi connectivity index (χ1n) is 10.3. The van der Waals surface area contributed by atoms with E-state index in [1.54, 1.807) is 23.9 Å². The van der Waals surface area contributed by atoms with Crippen LogP contribution in [0.25, 0.3) is 17.0 Å². The minimum absolute atomic E-state index is 0.0179. The summed E-state index contributed by atoms with van der Waals surface area (Å²) in [6.45, 7) is 4.95. The van der Waals surface area contributed by atoms with Crippen LogP contribution in [0.1, 0.15) is 16.7 Å². The number of rotatable bonds is 8. The molecule has 0 aliphatic heterocycles. The van der Waals surface area contributed by atoms with E-state index in [0.29, 0.717) is 24.4 Å². The highest BCUT2D eigenvalue weighted by molar-refractivity contribution is 6.10.